The van der Waals surface area contributed by atoms with Crippen molar-refractivity contribution in [1.82, 2.24) is 20.8 Å². The number of aromatic nitrogens is 2. The number of nitrogens with one attached hydrogen (secondary N) is 2. The number of unbranched alkanes of at least 4 members (excludes halogenated alkanes) is 3. The molecule has 1 aromatic heterocycles. The van der Waals surface area contributed by atoms with Gasteiger partial charge < -0.3 is 15.2 Å². The number of hydrogen-bond acceptors (Lipinski definition) is 4. The highest BCUT2D eigenvalue weighted by atomic mass is 16.5. The van der Waals surface area contributed by atoms with Gasteiger partial charge in [0.1, 0.15) is 6.54 Å². The van der Waals surface area contributed by atoms with Crippen molar-refractivity contribution in [2.24, 2.45) is 4.99 Å². The van der Waals surface area contributed by atoms with Crippen LogP contribution in [0.5, 0.6) is 0 Å². The second-order valence-electron chi connectivity index (χ2n) is 5.32. The molecule has 21 heavy (non-hydrogen) atoms. The molecule has 2 N–H and O–H groups in total. The summed E-state index contributed by atoms with van der Waals surface area (Å²) in [5.74, 6) is 1.99. The smallest absolute Gasteiger partial charge is 0.223 e. The lowest BCUT2D eigenvalue weighted by Gasteiger charge is -2.17. The quantitative estimate of drug-likeness (QED) is 0.416. The van der Waals surface area contributed by atoms with Crippen LogP contribution in [-0.2, 0) is 6.54 Å². The Kier molecular flexibility index (Phi) is 8.47. The van der Waals surface area contributed by atoms with Crippen molar-refractivity contribution in [3.63, 3.8) is 0 Å². The molecular formula is C15H29N5O. The summed E-state index contributed by atoms with van der Waals surface area (Å²) in [6.07, 6.45) is 6.31. The van der Waals surface area contributed by atoms with Gasteiger partial charge in [0.2, 0.25) is 5.89 Å². The molecule has 0 aliphatic carbocycles. The topological polar surface area (TPSA) is 75.3 Å². The molecule has 0 aromatic carbocycles. The van der Waals surface area contributed by atoms with Crippen LogP contribution in [0.1, 0.15) is 64.6 Å². The SMILES string of the molecule is CCCCCCC(C)NC(=NCc1noc(C)n1)NCC. The van der Waals surface area contributed by atoms with Gasteiger partial charge in [-0.3, -0.25) is 0 Å². The van der Waals surface area contributed by atoms with Crippen molar-refractivity contribution >= 4 is 5.96 Å². The molecule has 120 valence electrons. The number of guanidine groups is 1. The van der Waals surface area contributed by atoms with Gasteiger partial charge >= 0.3 is 0 Å². The summed E-state index contributed by atoms with van der Waals surface area (Å²) in [6.45, 7) is 9.52. The molecule has 0 amide bonds. The van der Waals surface area contributed by atoms with Crippen LogP contribution in [0.4, 0.5) is 0 Å². The second kappa shape index (κ2) is 10.2. The van der Waals surface area contributed by atoms with E-state index in [1.54, 1.807) is 6.92 Å². The highest BCUT2D eigenvalue weighted by Gasteiger charge is 2.06. The van der Waals surface area contributed by atoms with E-state index in [9.17, 15) is 0 Å². The zero-order valence-corrected chi connectivity index (χ0v) is 13.8. The van der Waals surface area contributed by atoms with E-state index in [0.717, 1.165) is 18.9 Å². The summed E-state index contributed by atoms with van der Waals surface area (Å²) in [4.78, 5) is 8.64. The molecule has 0 saturated heterocycles. The van der Waals surface area contributed by atoms with Gasteiger partial charge in [-0.2, -0.15) is 4.98 Å². The average molecular weight is 295 g/mol. The van der Waals surface area contributed by atoms with Crippen molar-refractivity contribution in [3.05, 3.63) is 11.7 Å². The standard InChI is InChI=1S/C15H29N5O/c1-5-7-8-9-10-12(3)18-15(16-6-2)17-11-14-19-13(4)21-20-14/h12H,5-11H2,1-4H3,(H2,16,17,18). The van der Waals surface area contributed by atoms with Crippen LogP contribution in [0, 0.1) is 6.92 Å². The van der Waals surface area contributed by atoms with Crippen LogP contribution >= 0.6 is 0 Å². The molecule has 0 saturated carbocycles. The molecule has 0 aliphatic heterocycles. The number of rotatable bonds is 9. The molecular weight excluding hydrogens is 266 g/mol. The molecule has 1 aromatic rings. The van der Waals surface area contributed by atoms with Gasteiger partial charge in [0, 0.05) is 19.5 Å². The molecule has 1 heterocycles. The highest BCUT2D eigenvalue weighted by Crippen LogP contribution is 2.05. The van der Waals surface area contributed by atoms with Gasteiger partial charge in [0.05, 0.1) is 0 Å². The summed E-state index contributed by atoms with van der Waals surface area (Å²) >= 11 is 0. The summed E-state index contributed by atoms with van der Waals surface area (Å²) in [7, 11) is 0. The maximum Gasteiger partial charge on any atom is 0.223 e. The summed E-state index contributed by atoms with van der Waals surface area (Å²) < 4.78 is 4.94. The molecule has 0 aliphatic rings. The Morgan fingerprint density at radius 2 is 2.10 bits per heavy atom. The first-order chi connectivity index (χ1) is 10.2. The minimum atomic E-state index is 0.409. The Morgan fingerprint density at radius 3 is 2.71 bits per heavy atom. The molecule has 0 radical (unpaired) electrons. The van der Waals surface area contributed by atoms with Crippen LogP contribution < -0.4 is 10.6 Å². The van der Waals surface area contributed by atoms with Crippen molar-refractivity contribution in [3.8, 4) is 0 Å². The van der Waals surface area contributed by atoms with Crippen LogP contribution in [0.25, 0.3) is 0 Å². The van der Waals surface area contributed by atoms with Crippen LogP contribution in [0.15, 0.2) is 9.52 Å². The molecule has 6 nitrogen and oxygen atoms in total. The predicted octanol–water partition coefficient (Wildman–Crippen LogP) is 2.79. The maximum absolute atomic E-state index is 4.94. The Balaban J connectivity index is 2.40. The fourth-order valence-corrected chi connectivity index (χ4v) is 2.06. The molecule has 1 rings (SSSR count). The molecule has 1 atom stereocenters. The molecule has 0 spiro atoms. The fourth-order valence-electron chi connectivity index (χ4n) is 2.06. The first-order valence-electron chi connectivity index (χ1n) is 7.99. The second-order valence-corrected chi connectivity index (χ2v) is 5.32. The van der Waals surface area contributed by atoms with Gasteiger partial charge in [-0.05, 0) is 20.3 Å². The van der Waals surface area contributed by atoms with E-state index in [-0.39, 0.29) is 0 Å². The van der Waals surface area contributed by atoms with Crippen LogP contribution in [0.2, 0.25) is 0 Å². The zero-order valence-electron chi connectivity index (χ0n) is 13.8. The third-order valence-corrected chi connectivity index (χ3v) is 3.17. The predicted molar refractivity (Wildman–Crippen MR) is 85.2 cm³/mol. The lowest BCUT2D eigenvalue weighted by molar-refractivity contribution is 0.387. The van der Waals surface area contributed by atoms with E-state index in [1.165, 1.54) is 25.7 Å². The van der Waals surface area contributed by atoms with Gasteiger partial charge in [0.25, 0.3) is 0 Å². The first-order valence-corrected chi connectivity index (χ1v) is 7.99. The fraction of sp³-hybridized carbons (Fsp3) is 0.800. The van der Waals surface area contributed by atoms with E-state index in [2.05, 4.69) is 46.5 Å². The largest absolute Gasteiger partial charge is 0.357 e. The van der Waals surface area contributed by atoms with E-state index >= 15 is 0 Å². The van der Waals surface area contributed by atoms with Gasteiger partial charge in [-0.25, -0.2) is 4.99 Å². The lowest BCUT2D eigenvalue weighted by atomic mass is 10.1. The monoisotopic (exact) mass is 295 g/mol. The molecule has 0 bridgehead atoms. The summed E-state index contributed by atoms with van der Waals surface area (Å²) in [5, 5.41) is 10.5. The average Bonchev–Trinajstić information content (AvgIpc) is 2.87. The number of aliphatic imine (C=N–C) groups is 1. The minimum Gasteiger partial charge on any atom is -0.357 e. The summed E-state index contributed by atoms with van der Waals surface area (Å²) in [5.41, 5.74) is 0. The molecule has 0 fully saturated rings. The normalized spacial score (nSPS) is 13.2. The minimum absolute atomic E-state index is 0.409. The van der Waals surface area contributed by atoms with E-state index in [4.69, 9.17) is 4.52 Å². The number of nitrogens with zero attached hydrogens (tertiary/aromatic N) is 3. The highest BCUT2D eigenvalue weighted by molar-refractivity contribution is 5.79. The Bertz CT molecular complexity index is 416. The number of aryl methyl sites for hydroxylation is 1. The van der Waals surface area contributed by atoms with Crippen molar-refractivity contribution in [1.29, 1.82) is 0 Å². The third kappa shape index (κ3) is 7.68. The Hall–Kier alpha value is -1.59. The molecule has 6 heteroatoms. The zero-order chi connectivity index (χ0) is 15.5. The van der Waals surface area contributed by atoms with Crippen molar-refractivity contribution in [2.45, 2.75) is 72.4 Å². The first kappa shape index (κ1) is 17.5. The Labute approximate surface area is 127 Å². The summed E-state index contributed by atoms with van der Waals surface area (Å²) in [6, 6.07) is 0.409. The lowest BCUT2D eigenvalue weighted by Crippen LogP contribution is -2.42. The van der Waals surface area contributed by atoms with Crippen molar-refractivity contribution < 1.29 is 4.52 Å². The van der Waals surface area contributed by atoms with E-state index in [0.29, 0.717) is 24.3 Å². The van der Waals surface area contributed by atoms with E-state index < -0.39 is 0 Å². The van der Waals surface area contributed by atoms with Crippen LogP contribution in [-0.4, -0.2) is 28.7 Å². The van der Waals surface area contributed by atoms with Crippen molar-refractivity contribution in [2.75, 3.05) is 6.54 Å². The van der Waals surface area contributed by atoms with Gasteiger partial charge in [-0.1, -0.05) is 37.8 Å². The van der Waals surface area contributed by atoms with E-state index in [1.807, 2.05) is 0 Å². The Morgan fingerprint density at radius 1 is 1.29 bits per heavy atom. The number of hydrogen-bond donors (Lipinski definition) is 2. The third-order valence-electron chi connectivity index (χ3n) is 3.17. The van der Waals surface area contributed by atoms with Gasteiger partial charge in [0.15, 0.2) is 11.8 Å². The van der Waals surface area contributed by atoms with Gasteiger partial charge in [-0.15, -0.1) is 0 Å². The maximum atomic E-state index is 4.94. The van der Waals surface area contributed by atoms with Crippen LogP contribution in [0.3, 0.4) is 0 Å². The molecule has 1 unspecified atom stereocenters.